The van der Waals surface area contributed by atoms with E-state index in [1.807, 2.05) is 69.9 Å². The minimum atomic E-state index is -5.02. The monoisotopic (exact) mass is 1130 g/mol. The Kier molecular flexibility index (Phi) is 16.1. The van der Waals surface area contributed by atoms with Gasteiger partial charge in [0.25, 0.3) is 0 Å². The number of thiazole rings is 1. The van der Waals surface area contributed by atoms with E-state index >= 15 is 17.6 Å². The molecule has 6 N–H and O–H groups in total. The number of piperazine rings is 1. The molecule has 2 unspecified atom stereocenters. The van der Waals surface area contributed by atoms with Gasteiger partial charge in [-0.25, -0.2) is 9.37 Å². The largest absolute Gasteiger partial charge is 0.462 e. The zero-order valence-corrected chi connectivity index (χ0v) is 47.5. The summed E-state index contributed by atoms with van der Waals surface area (Å²) in [6.07, 6.45) is -1.23. The lowest BCUT2D eigenvalue weighted by Gasteiger charge is -2.35. The van der Waals surface area contributed by atoms with E-state index in [9.17, 15) is 24.8 Å². The molecule has 4 aliphatic heterocycles. The number of fused-ring (bicyclic) bond motifs is 4. The molecule has 430 valence electrons. The second-order valence-corrected chi connectivity index (χ2v) is 24.3. The Bertz CT molecular complexity index is 3410. The Labute approximate surface area is 472 Å². The van der Waals surface area contributed by atoms with Crippen molar-refractivity contribution in [3.63, 3.8) is 0 Å². The number of alkyl halides is 3. The first-order valence-corrected chi connectivity index (χ1v) is 28.7. The van der Waals surface area contributed by atoms with Crippen LogP contribution in [-0.2, 0) is 27.6 Å². The fraction of sp³-hybridized carbons (Fsp3) is 0.508. The van der Waals surface area contributed by atoms with Crippen LogP contribution in [0.25, 0.3) is 43.4 Å². The molecule has 0 radical (unpaired) electrons. The molecule has 4 fully saturated rings. The molecule has 4 saturated heterocycles. The van der Waals surface area contributed by atoms with E-state index in [1.54, 1.807) is 41.5 Å². The number of rotatable bonds is 16. The summed E-state index contributed by atoms with van der Waals surface area (Å²) in [6.45, 7) is 13.3. The van der Waals surface area contributed by atoms with Crippen molar-refractivity contribution >= 4 is 62.4 Å². The number of carbonyl (C=O) groups is 3. The second kappa shape index (κ2) is 22.8. The number of likely N-dealkylation sites (tertiary alicyclic amines) is 2. The Morgan fingerprint density at radius 2 is 1.73 bits per heavy atom. The number of aromatic nitrogens is 4. The number of nitrogens with zero attached hydrogens (tertiary/aromatic N) is 8. The quantitative estimate of drug-likeness (QED) is 0.0349. The molecule has 2 bridgehead atoms. The summed E-state index contributed by atoms with van der Waals surface area (Å²) in [5, 5.41) is 30.5. The molecular formula is C59H70F4N12O5S. The number of hydrogen-bond donors (Lipinski definition) is 5. The zero-order chi connectivity index (χ0) is 57.8. The number of aliphatic hydroxyl groups is 1. The first-order chi connectivity index (χ1) is 38.5. The van der Waals surface area contributed by atoms with Crippen LogP contribution >= 0.6 is 11.3 Å². The molecule has 3 aromatic carbocycles. The van der Waals surface area contributed by atoms with E-state index < -0.39 is 58.5 Å². The number of benzene rings is 3. The van der Waals surface area contributed by atoms with Crippen LogP contribution in [0, 0.1) is 36.4 Å². The standard InChI is InChI=1S/C59H70F4N12O5S/c1-31(34-13-15-35(16-14-34)52-32(2)66-30-81-52)67-55(78)45-23-39(76)28-75(45)56(79)53(58(4,5)6)69-46(77)12-8-9-21-73-22-10-11-38(73)29-80-57-70-51-40(54(71-57)74-26-36-17-18-37(27-74)68-36)24-42(59(61,62)63)49(50(51)60)47-33(3)72(7)44-20-19-43(65)41(25-64)48(44)47/h13-16,19-20,24,30-31,36-39,45,53,68,76H,8-12,17-18,21-23,26-29,65H2,1-7H3,(H,67,78)(H,69,77)/t31-,36?,37?,38-,39+,45-,53+/m0/s1. The Balaban J connectivity index is 0.807. The Morgan fingerprint density at radius 1 is 1.00 bits per heavy atom. The number of ether oxygens (including phenoxy) is 1. The summed E-state index contributed by atoms with van der Waals surface area (Å²) >= 11 is 1.56. The van der Waals surface area contributed by atoms with E-state index in [0.29, 0.717) is 43.7 Å². The number of aryl methyl sites for hydroxylation is 2. The zero-order valence-electron chi connectivity index (χ0n) is 46.7. The van der Waals surface area contributed by atoms with Crippen LogP contribution in [0.3, 0.4) is 0 Å². The van der Waals surface area contributed by atoms with E-state index in [4.69, 9.17) is 15.5 Å². The van der Waals surface area contributed by atoms with Gasteiger partial charge in [0.2, 0.25) is 17.7 Å². The number of nitrogens with two attached hydrogens (primary N) is 1. The van der Waals surface area contributed by atoms with E-state index in [2.05, 4.69) is 30.8 Å². The Hall–Kier alpha value is -6.93. The summed E-state index contributed by atoms with van der Waals surface area (Å²) in [5.41, 5.74) is 8.44. The highest BCUT2D eigenvalue weighted by Crippen LogP contribution is 2.48. The van der Waals surface area contributed by atoms with Gasteiger partial charge in [0.15, 0.2) is 5.82 Å². The normalized spacial score (nSPS) is 21.2. The highest BCUT2D eigenvalue weighted by atomic mass is 32.1. The van der Waals surface area contributed by atoms with Crippen LogP contribution < -0.4 is 31.3 Å². The molecule has 81 heavy (non-hydrogen) atoms. The lowest BCUT2D eigenvalue weighted by atomic mass is 9.85. The van der Waals surface area contributed by atoms with Gasteiger partial charge in [-0.2, -0.15) is 28.4 Å². The molecule has 0 spiro atoms. The predicted octanol–water partition coefficient (Wildman–Crippen LogP) is 8.46. The maximum Gasteiger partial charge on any atom is 0.417 e. The van der Waals surface area contributed by atoms with Crippen LogP contribution in [0.15, 0.2) is 48.0 Å². The van der Waals surface area contributed by atoms with Gasteiger partial charge in [-0.15, -0.1) is 11.3 Å². The SMILES string of the molecule is Cc1ncsc1-c1ccc([C@H](C)NC(=O)[C@@H]2C[C@@H](O)CN2C(=O)[C@@H](NC(=O)CCCCN2CCC[C@H]2COc2nc(N3CC4CCC(C3)N4)c3cc(C(F)(F)F)c(-c4c(C)n(C)c5ccc(N)c(C#N)c45)c(F)c3n2)C(C)(C)C)cc1. The van der Waals surface area contributed by atoms with Crippen LogP contribution in [0.2, 0.25) is 0 Å². The van der Waals surface area contributed by atoms with Crippen LogP contribution in [0.5, 0.6) is 6.01 Å². The maximum atomic E-state index is 17.7. The fourth-order valence-electron chi connectivity index (χ4n) is 12.4. The number of unbranched alkanes of at least 4 members (excludes halogenated alkanes) is 1. The molecule has 3 amide bonds. The third kappa shape index (κ3) is 11.5. The molecule has 0 saturated carbocycles. The summed E-state index contributed by atoms with van der Waals surface area (Å²) in [6, 6.07) is 11.5. The summed E-state index contributed by atoms with van der Waals surface area (Å²) in [7, 11) is 1.64. The average molecular weight is 1140 g/mol. The number of carbonyl (C=O) groups excluding carboxylic acids is 3. The predicted molar refractivity (Wildman–Crippen MR) is 303 cm³/mol. The first kappa shape index (κ1) is 57.3. The van der Waals surface area contributed by atoms with E-state index in [1.165, 1.54) is 11.0 Å². The van der Waals surface area contributed by atoms with Gasteiger partial charge in [-0.3, -0.25) is 19.3 Å². The molecule has 7 heterocycles. The van der Waals surface area contributed by atoms with Crippen molar-refractivity contribution in [1.29, 1.82) is 5.26 Å². The van der Waals surface area contributed by atoms with Gasteiger partial charge in [0.05, 0.1) is 50.6 Å². The summed E-state index contributed by atoms with van der Waals surface area (Å²) in [5.74, 6) is -2.22. The minimum absolute atomic E-state index is 0.0457. The summed E-state index contributed by atoms with van der Waals surface area (Å²) < 4.78 is 71.9. The molecule has 7 atom stereocenters. The van der Waals surface area contributed by atoms with Crippen molar-refractivity contribution < 1.29 is 41.8 Å². The number of hydrogen-bond acceptors (Lipinski definition) is 14. The van der Waals surface area contributed by atoms with Crippen molar-refractivity contribution in [2.75, 3.05) is 50.0 Å². The molecule has 6 aromatic rings. The average Bonchev–Trinajstić information content (AvgIpc) is 3.83. The number of anilines is 2. The number of aliphatic hydroxyl groups excluding tert-OH is 1. The number of amides is 3. The van der Waals surface area contributed by atoms with Crippen molar-refractivity contribution in [3.05, 3.63) is 81.9 Å². The third-order valence-electron chi connectivity index (χ3n) is 16.8. The van der Waals surface area contributed by atoms with Gasteiger partial charge in [-0.1, -0.05) is 45.0 Å². The van der Waals surface area contributed by atoms with Crippen LogP contribution in [0.4, 0.5) is 29.1 Å². The van der Waals surface area contributed by atoms with Gasteiger partial charge >= 0.3 is 12.2 Å². The number of nitrogens with one attached hydrogen (secondary N) is 3. The fourth-order valence-corrected chi connectivity index (χ4v) is 13.2. The molecule has 22 heteroatoms. The number of β-amino-alcohol motifs (C(OH)–C–C–N with tert-alkyl or cyclic N) is 1. The van der Waals surface area contributed by atoms with E-state index in [0.717, 1.165) is 60.0 Å². The molecule has 10 rings (SSSR count). The minimum Gasteiger partial charge on any atom is -0.462 e. The van der Waals surface area contributed by atoms with E-state index in [-0.39, 0.29) is 101 Å². The van der Waals surface area contributed by atoms with Crippen molar-refractivity contribution in [1.82, 2.24) is 45.3 Å². The Morgan fingerprint density at radius 3 is 2.40 bits per heavy atom. The molecule has 0 aliphatic carbocycles. The van der Waals surface area contributed by atoms with Crippen LogP contribution in [-0.4, -0.2) is 128 Å². The molecular weight excluding hydrogens is 1060 g/mol. The topological polar surface area (TPSA) is 220 Å². The number of nitriles is 1. The lowest BCUT2D eigenvalue weighted by Crippen LogP contribution is -2.57. The second-order valence-electron chi connectivity index (χ2n) is 23.4. The highest BCUT2D eigenvalue weighted by molar-refractivity contribution is 7.13. The van der Waals surface area contributed by atoms with Crippen molar-refractivity contribution in [2.24, 2.45) is 12.5 Å². The van der Waals surface area contributed by atoms with Crippen LogP contribution in [0.1, 0.15) is 113 Å². The van der Waals surface area contributed by atoms with Gasteiger partial charge < -0.3 is 45.9 Å². The smallest absolute Gasteiger partial charge is 0.417 e. The summed E-state index contributed by atoms with van der Waals surface area (Å²) in [4.78, 5) is 62.1. The van der Waals surface area contributed by atoms with Gasteiger partial charge in [0.1, 0.15) is 36.1 Å². The maximum absolute atomic E-state index is 17.7. The lowest BCUT2D eigenvalue weighted by molar-refractivity contribution is -0.144. The van der Waals surface area contributed by atoms with Gasteiger partial charge in [0, 0.05) is 85.2 Å². The van der Waals surface area contributed by atoms with Crippen molar-refractivity contribution in [2.45, 2.75) is 141 Å². The molecule has 4 aliphatic rings. The number of nitrogen functional groups attached to an aromatic ring is 1. The van der Waals surface area contributed by atoms with Crippen molar-refractivity contribution in [3.8, 4) is 33.6 Å². The number of halogens is 4. The molecule has 17 nitrogen and oxygen atoms in total. The van der Waals surface area contributed by atoms with Gasteiger partial charge in [-0.05, 0) is 107 Å². The first-order valence-electron chi connectivity index (χ1n) is 27.9. The third-order valence-corrected chi connectivity index (χ3v) is 17.8. The highest BCUT2D eigenvalue weighted by Gasteiger charge is 2.45. The molecule has 3 aromatic heterocycles.